The molecule has 1 aromatic heterocycles. The molecule has 0 radical (unpaired) electrons. The monoisotopic (exact) mass is 217 g/mol. The van der Waals surface area contributed by atoms with Crippen LogP contribution < -0.4 is 4.74 Å². The molecule has 0 bridgehead atoms. The lowest BCUT2D eigenvalue weighted by Gasteiger charge is -2.06. The van der Waals surface area contributed by atoms with E-state index in [0.29, 0.717) is 17.9 Å². The van der Waals surface area contributed by atoms with E-state index in [4.69, 9.17) is 4.74 Å². The molecular formula is C13H12FNO. The Labute approximate surface area is 93.7 Å². The van der Waals surface area contributed by atoms with Crippen LogP contribution in [0.15, 0.2) is 42.6 Å². The van der Waals surface area contributed by atoms with Crippen LogP contribution in [0.5, 0.6) is 5.75 Å². The Morgan fingerprint density at radius 1 is 1.25 bits per heavy atom. The molecule has 1 aromatic carbocycles. The van der Waals surface area contributed by atoms with Crippen LogP contribution in [0.1, 0.15) is 11.3 Å². The van der Waals surface area contributed by atoms with Crippen molar-refractivity contribution >= 4 is 0 Å². The summed E-state index contributed by atoms with van der Waals surface area (Å²) in [5.41, 5.74) is 1.43. The van der Waals surface area contributed by atoms with Gasteiger partial charge in [-0.15, -0.1) is 0 Å². The topological polar surface area (TPSA) is 22.1 Å². The van der Waals surface area contributed by atoms with Crippen molar-refractivity contribution in [1.29, 1.82) is 0 Å². The Hall–Kier alpha value is -1.90. The molecule has 0 unspecified atom stereocenters. The molecule has 0 aliphatic rings. The smallest absolute Gasteiger partial charge is 0.130 e. The summed E-state index contributed by atoms with van der Waals surface area (Å²) in [5, 5.41) is 0. The van der Waals surface area contributed by atoms with Gasteiger partial charge in [0.2, 0.25) is 0 Å². The molecule has 0 saturated carbocycles. The first-order valence-corrected chi connectivity index (χ1v) is 5.04. The van der Waals surface area contributed by atoms with Gasteiger partial charge in [-0.25, -0.2) is 4.39 Å². The number of hydrogen-bond acceptors (Lipinski definition) is 2. The number of nitrogens with zero attached hydrogens (tertiary/aromatic N) is 1. The summed E-state index contributed by atoms with van der Waals surface area (Å²) in [7, 11) is 0. The fraction of sp³-hybridized carbons (Fsp3) is 0.154. The van der Waals surface area contributed by atoms with Crippen molar-refractivity contribution in [3.05, 3.63) is 59.7 Å². The van der Waals surface area contributed by atoms with Crippen molar-refractivity contribution in [2.45, 2.75) is 13.5 Å². The van der Waals surface area contributed by atoms with Gasteiger partial charge in [0.15, 0.2) is 0 Å². The van der Waals surface area contributed by atoms with Gasteiger partial charge < -0.3 is 4.74 Å². The zero-order valence-corrected chi connectivity index (χ0v) is 8.98. The number of ether oxygens (including phenoxy) is 1. The first-order chi connectivity index (χ1) is 7.75. The van der Waals surface area contributed by atoms with Crippen molar-refractivity contribution in [3.63, 3.8) is 0 Å². The van der Waals surface area contributed by atoms with Gasteiger partial charge in [-0.1, -0.05) is 6.07 Å². The molecule has 0 spiro atoms. The Balaban J connectivity index is 2.03. The molecule has 0 amide bonds. The average molecular weight is 217 g/mol. The van der Waals surface area contributed by atoms with E-state index >= 15 is 0 Å². The third kappa shape index (κ3) is 2.57. The molecule has 0 aliphatic heterocycles. The number of aryl methyl sites for hydroxylation is 1. The van der Waals surface area contributed by atoms with Gasteiger partial charge in [-0.2, -0.15) is 0 Å². The van der Waals surface area contributed by atoms with Crippen LogP contribution >= 0.6 is 0 Å². The highest BCUT2D eigenvalue weighted by atomic mass is 19.1. The SMILES string of the molecule is Cc1cc(OCc2ccccn2)ccc1F. The molecule has 0 aliphatic carbocycles. The highest BCUT2D eigenvalue weighted by molar-refractivity contribution is 5.28. The van der Waals surface area contributed by atoms with E-state index in [2.05, 4.69) is 4.98 Å². The quantitative estimate of drug-likeness (QED) is 0.788. The third-order valence-electron chi connectivity index (χ3n) is 2.24. The van der Waals surface area contributed by atoms with Crippen LogP contribution in [0.25, 0.3) is 0 Å². The molecule has 0 saturated heterocycles. The van der Waals surface area contributed by atoms with Crippen LogP contribution in [0, 0.1) is 12.7 Å². The number of rotatable bonds is 3. The van der Waals surface area contributed by atoms with Crippen molar-refractivity contribution in [2.24, 2.45) is 0 Å². The van der Waals surface area contributed by atoms with E-state index in [0.717, 1.165) is 5.69 Å². The molecule has 2 nitrogen and oxygen atoms in total. The Morgan fingerprint density at radius 2 is 2.12 bits per heavy atom. The predicted octanol–water partition coefficient (Wildman–Crippen LogP) is 3.11. The maximum absolute atomic E-state index is 13.0. The van der Waals surface area contributed by atoms with E-state index in [1.807, 2.05) is 18.2 Å². The summed E-state index contributed by atoms with van der Waals surface area (Å²) < 4.78 is 18.5. The van der Waals surface area contributed by atoms with Gasteiger partial charge in [-0.3, -0.25) is 4.98 Å². The minimum absolute atomic E-state index is 0.217. The Kier molecular flexibility index (Phi) is 3.15. The van der Waals surface area contributed by atoms with Gasteiger partial charge in [0.1, 0.15) is 18.2 Å². The predicted molar refractivity (Wildman–Crippen MR) is 59.7 cm³/mol. The molecule has 3 heteroatoms. The number of halogens is 1. The van der Waals surface area contributed by atoms with Gasteiger partial charge in [-0.05, 0) is 42.8 Å². The zero-order valence-electron chi connectivity index (χ0n) is 8.98. The summed E-state index contributed by atoms with van der Waals surface area (Å²) in [6.45, 7) is 2.11. The molecule has 1 heterocycles. The molecular weight excluding hydrogens is 205 g/mol. The summed E-state index contributed by atoms with van der Waals surface area (Å²) in [6, 6.07) is 10.3. The maximum atomic E-state index is 13.0. The number of aromatic nitrogens is 1. The molecule has 2 rings (SSSR count). The first kappa shape index (κ1) is 10.6. The average Bonchev–Trinajstić information content (AvgIpc) is 2.32. The molecule has 0 N–H and O–H groups in total. The largest absolute Gasteiger partial charge is 0.487 e. The lowest BCUT2D eigenvalue weighted by Crippen LogP contribution is -1.98. The van der Waals surface area contributed by atoms with Crippen molar-refractivity contribution < 1.29 is 9.13 Å². The highest BCUT2D eigenvalue weighted by Gasteiger charge is 2.00. The van der Waals surface area contributed by atoms with E-state index < -0.39 is 0 Å². The van der Waals surface area contributed by atoms with Crippen molar-refractivity contribution in [3.8, 4) is 5.75 Å². The molecule has 16 heavy (non-hydrogen) atoms. The second-order valence-corrected chi connectivity index (χ2v) is 3.52. The summed E-state index contributed by atoms with van der Waals surface area (Å²) in [6.07, 6.45) is 1.72. The van der Waals surface area contributed by atoms with Crippen molar-refractivity contribution in [2.75, 3.05) is 0 Å². The number of benzene rings is 1. The summed E-state index contributed by atoms with van der Waals surface area (Å²) in [4.78, 5) is 4.13. The highest BCUT2D eigenvalue weighted by Crippen LogP contribution is 2.16. The Bertz CT molecular complexity index is 471. The standard InChI is InChI=1S/C13H12FNO/c1-10-8-12(5-6-13(10)14)16-9-11-4-2-3-7-15-11/h2-8H,9H2,1H3. The number of hydrogen-bond donors (Lipinski definition) is 0. The first-order valence-electron chi connectivity index (χ1n) is 5.04. The summed E-state index contributed by atoms with van der Waals surface area (Å²) >= 11 is 0. The minimum atomic E-state index is -0.217. The zero-order chi connectivity index (χ0) is 11.4. The molecule has 0 fully saturated rings. The van der Waals surface area contributed by atoms with Gasteiger partial charge >= 0.3 is 0 Å². The second kappa shape index (κ2) is 4.75. The molecule has 82 valence electrons. The van der Waals surface area contributed by atoms with E-state index in [9.17, 15) is 4.39 Å². The molecule has 2 aromatic rings. The summed E-state index contributed by atoms with van der Waals surface area (Å²) in [5.74, 6) is 0.440. The van der Waals surface area contributed by atoms with E-state index in [1.54, 1.807) is 25.3 Å². The fourth-order valence-electron chi connectivity index (χ4n) is 1.35. The van der Waals surface area contributed by atoms with Gasteiger partial charge in [0, 0.05) is 6.20 Å². The van der Waals surface area contributed by atoms with Gasteiger partial charge in [0.25, 0.3) is 0 Å². The lowest BCUT2D eigenvalue weighted by molar-refractivity contribution is 0.300. The van der Waals surface area contributed by atoms with Gasteiger partial charge in [0.05, 0.1) is 5.69 Å². The normalized spacial score (nSPS) is 10.1. The van der Waals surface area contributed by atoms with Crippen LogP contribution in [-0.2, 0) is 6.61 Å². The fourth-order valence-corrected chi connectivity index (χ4v) is 1.35. The van der Waals surface area contributed by atoms with E-state index in [1.165, 1.54) is 6.07 Å². The van der Waals surface area contributed by atoms with Crippen LogP contribution in [0.4, 0.5) is 4.39 Å². The second-order valence-electron chi connectivity index (χ2n) is 3.52. The van der Waals surface area contributed by atoms with Crippen LogP contribution in [0.3, 0.4) is 0 Å². The lowest BCUT2D eigenvalue weighted by atomic mass is 10.2. The molecule has 0 atom stereocenters. The minimum Gasteiger partial charge on any atom is -0.487 e. The van der Waals surface area contributed by atoms with Crippen molar-refractivity contribution in [1.82, 2.24) is 4.98 Å². The van der Waals surface area contributed by atoms with Crippen LogP contribution in [-0.4, -0.2) is 4.98 Å². The number of pyridine rings is 1. The maximum Gasteiger partial charge on any atom is 0.130 e. The Morgan fingerprint density at radius 3 is 2.81 bits per heavy atom. The van der Waals surface area contributed by atoms with E-state index in [-0.39, 0.29) is 5.82 Å². The third-order valence-corrected chi connectivity index (χ3v) is 2.24. The van der Waals surface area contributed by atoms with Crippen LogP contribution in [0.2, 0.25) is 0 Å².